The summed E-state index contributed by atoms with van der Waals surface area (Å²) in [5.41, 5.74) is 1.87. The maximum atomic E-state index is 12.8. The molecule has 0 spiro atoms. The number of nitro benzene ring substituents is 1. The highest BCUT2D eigenvalue weighted by Gasteiger charge is 2.16. The molecule has 0 bridgehead atoms. The van der Waals surface area contributed by atoms with Gasteiger partial charge in [0.05, 0.1) is 22.8 Å². The van der Waals surface area contributed by atoms with Gasteiger partial charge in [0.1, 0.15) is 5.75 Å². The molecule has 3 aromatic carbocycles. The molecule has 32 heavy (non-hydrogen) atoms. The molecule has 3 rings (SSSR count). The zero-order valence-corrected chi connectivity index (χ0v) is 20.5. The standard InChI is InChI=1S/C22H17Br2N3O4S/c23-15-6-9-20(31-11-10-14-4-2-1-3-5-14)17(12-15)21(28)26-22(32)25-19-8-7-16(27(29)30)13-18(19)24/h1-9,12-13H,10-11H2,(H2,25,26,28,32). The first kappa shape index (κ1) is 23.8. The number of carbonyl (C=O) groups excluding carboxylic acids is 1. The zero-order valence-electron chi connectivity index (χ0n) is 16.5. The van der Waals surface area contributed by atoms with Crippen LogP contribution >= 0.6 is 44.1 Å². The van der Waals surface area contributed by atoms with Crippen molar-refractivity contribution in [2.24, 2.45) is 0 Å². The van der Waals surface area contributed by atoms with Gasteiger partial charge in [-0.1, -0.05) is 46.3 Å². The van der Waals surface area contributed by atoms with Crippen molar-refractivity contribution in [3.8, 4) is 5.75 Å². The fourth-order valence-electron chi connectivity index (χ4n) is 2.77. The van der Waals surface area contributed by atoms with Gasteiger partial charge in [-0.3, -0.25) is 20.2 Å². The van der Waals surface area contributed by atoms with Crippen LogP contribution in [0.2, 0.25) is 0 Å². The van der Waals surface area contributed by atoms with Crippen LogP contribution in [-0.4, -0.2) is 22.5 Å². The first-order chi connectivity index (χ1) is 15.3. The molecule has 0 radical (unpaired) electrons. The van der Waals surface area contributed by atoms with Crippen molar-refractivity contribution < 1.29 is 14.5 Å². The summed E-state index contributed by atoms with van der Waals surface area (Å²) in [6, 6.07) is 19.2. The van der Waals surface area contributed by atoms with Gasteiger partial charge in [-0.15, -0.1) is 0 Å². The molecule has 3 aromatic rings. The summed E-state index contributed by atoms with van der Waals surface area (Å²) in [7, 11) is 0. The second-order valence-electron chi connectivity index (χ2n) is 6.55. The largest absolute Gasteiger partial charge is 0.492 e. The second kappa shape index (κ2) is 11.2. The summed E-state index contributed by atoms with van der Waals surface area (Å²) in [4.78, 5) is 23.2. The lowest BCUT2D eigenvalue weighted by atomic mass is 10.1. The van der Waals surface area contributed by atoms with E-state index in [2.05, 4.69) is 42.5 Å². The highest BCUT2D eigenvalue weighted by molar-refractivity contribution is 9.10. The Morgan fingerprint density at radius 2 is 1.81 bits per heavy atom. The van der Waals surface area contributed by atoms with Gasteiger partial charge in [0.25, 0.3) is 11.6 Å². The van der Waals surface area contributed by atoms with Gasteiger partial charge in [0, 0.05) is 27.5 Å². The molecular formula is C22H17Br2N3O4S. The van der Waals surface area contributed by atoms with Crippen molar-refractivity contribution in [3.63, 3.8) is 0 Å². The van der Waals surface area contributed by atoms with Gasteiger partial charge in [0.15, 0.2) is 5.11 Å². The maximum Gasteiger partial charge on any atom is 0.270 e. The van der Waals surface area contributed by atoms with E-state index in [1.54, 1.807) is 18.2 Å². The number of benzene rings is 3. The van der Waals surface area contributed by atoms with Crippen LogP contribution in [0.15, 0.2) is 75.7 Å². The lowest BCUT2D eigenvalue weighted by molar-refractivity contribution is -0.384. The van der Waals surface area contributed by atoms with Gasteiger partial charge in [0.2, 0.25) is 0 Å². The number of hydrogen-bond donors (Lipinski definition) is 2. The van der Waals surface area contributed by atoms with Crippen LogP contribution in [0.5, 0.6) is 5.75 Å². The molecule has 0 aliphatic heterocycles. The molecule has 10 heteroatoms. The summed E-state index contributed by atoms with van der Waals surface area (Å²) in [6.07, 6.45) is 0.700. The average Bonchev–Trinajstić information content (AvgIpc) is 2.76. The molecule has 0 fully saturated rings. The Labute approximate surface area is 206 Å². The summed E-state index contributed by atoms with van der Waals surface area (Å²) in [6.45, 7) is 0.407. The number of ether oxygens (including phenoxy) is 1. The Kier molecular flexibility index (Phi) is 8.32. The van der Waals surface area contributed by atoms with E-state index in [1.807, 2.05) is 30.3 Å². The van der Waals surface area contributed by atoms with E-state index in [9.17, 15) is 14.9 Å². The Morgan fingerprint density at radius 3 is 2.50 bits per heavy atom. The Hall–Kier alpha value is -2.82. The molecule has 7 nitrogen and oxygen atoms in total. The first-order valence-corrected chi connectivity index (χ1v) is 11.4. The van der Waals surface area contributed by atoms with Crippen molar-refractivity contribution in [2.45, 2.75) is 6.42 Å². The number of nitrogens with zero attached hydrogens (tertiary/aromatic N) is 1. The average molecular weight is 579 g/mol. The molecule has 0 saturated carbocycles. The fourth-order valence-corrected chi connectivity index (χ4v) is 3.80. The van der Waals surface area contributed by atoms with Gasteiger partial charge >= 0.3 is 0 Å². The van der Waals surface area contributed by atoms with Gasteiger partial charge in [-0.25, -0.2) is 0 Å². The zero-order chi connectivity index (χ0) is 23.1. The van der Waals surface area contributed by atoms with E-state index in [1.165, 1.54) is 18.2 Å². The summed E-state index contributed by atoms with van der Waals surface area (Å²) < 4.78 is 7.01. The van der Waals surface area contributed by atoms with Crippen molar-refractivity contribution in [1.29, 1.82) is 0 Å². The maximum absolute atomic E-state index is 12.8. The topological polar surface area (TPSA) is 93.5 Å². The summed E-state index contributed by atoms with van der Waals surface area (Å²) in [5, 5.41) is 16.4. The predicted molar refractivity (Wildman–Crippen MR) is 134 cm³/mol. The Morgan fingerprint density at radius 1 is 1.06 bits per heavy atom. The Bertz CT molecular complexity index is 1160. The van der Waals surface area contributed by atoms with E-state index < -0.39 is 10.8 Å². The van der Waals surface area contributed by atoms with Crippen LogP contribution in [-0.2, 0) is 6.42 Å². The van der Waals surface area contributed by atoms with E-state index in [-0.39, 0.29) is 10.8 Å². The minimum absolute atomic E-state index is 0.0414. The van der Waals surface area contributed by atoms with Crippen molar-refractivity contribution in [3.05, 3.63) is 96.9 Å². The molecule has 0 aromatic heterocycles. The number of anilines is 1. The summed E-state index contributed by atoms with van der Waals surface area (Å²) >= 11 is 11.9. The van der Waals surface area contributed by atoms with E-state index in [4.69, 9.17) is 17.0 Å². The molecule has 164 valence electrons. The van der Waals surface area contributed by atoms with E-state index in [0.29, 0.717) is 34.5 Å². The highest BCUT2D eigenvalue weighted by atomic mass is 79.9. The van der Waals surface area contributed by atoms with Crippen LogP contribution in [0.1, 0.15) is 15.9 Å². The molecule has 2 N–H and O–H groups in total. The molecule has 0 heterocycles. The first-order valence-electron chi connectivity index (χ1n) is 9.36. The van der Waals surface area contributed by atoms with Crippen molar-refractivity contribution in [1.82, 2.24) is 5.32 Å². The number of amides is 1. The Balaban J connectivity index is 1.65. The number of non-ortho nitro benzene ring substituents is 1. The summed E-state index contributed by atoms with van der Waals surface area (Å²) in [5.74, 6) is -0.0162. The van der Waals surface area contributed by atoms with Crippen LogP contribution in [0, 0.1) is 10.1 Å². The third-order valence-electron chi connectivity index (χ3n) is 4.32. The minimum Gasteiger partial charge on any atom is -0.492 e. The molecular weight excluding hydrogens is 562 g/mol. The second-order valence-corrected chi connectivity index (χ2v) is 8.73. The van der Waals surface area contributed by atoms with Crippen LogP contribution < -0.4 is 15.4 Å². The lowest BCUT2D eigenvalue weighted by Gasteiger charge is -2.14. The van der Waals surface area contributed by atoms with Gasteiger partial charge in [-0.05, 0) is 58.0 Å². The molecule has 0 aliphatic rings. The molecule has 0 unspecified atom stereocenters. The number of rotatable bonds is 7. The number of carbonyl (C=O) groups is 1. The van der Waals surface area contributed by atoms with Gasteiger partial charge < -0.3 is 10.1 Å². The quantitative estimate of drug-likeness (QED) is 0.207. The van der Waals surface area contributed by atoms with E-state index >= 15 is 0 Å². The van der Waals surface area contributed by atoms with Crippen molar-refractivity contribution >= 4 is 66.5 Å². The highest BCUT2D eigenvalue weighted by Crippen LogP contribution is 2.27. The number of halogens is 2. The number of hydrogen-bond acceptors (Lipinski definition) is 5. The smallest absolute Gasteiger partial charge is 0.270 e. The molecule has 0 atom stereocenters. The lowest BCUT2D eigenvalue weighted by Crippen LogP contribution is -2.34. The fraction of sp³-hybridized carbons (Fsp3) is 0.0909. The van der Waals surface area contributed by atoms with Gasteiger partial charge in [-0.2, -0.15) is 0 Å². The molecule has 1 amide bonds. The minimum atomic E-state index is -0.499. The number of nitro groups is 1. The predicted octanol–water partition coefficient (Wildman–Crippen LogP) is 5.87. The van der Waals surface area contributed by atoms with E-state index in [0.717, 1.165) is 10.0 Å². The van der Waals surface area contributed by atoms with Crippen molar-refractivity contribution in [2.75, 3.05) is 11.9 Å². The molecule has 0 aliphatic carbocycles. The molecule has 0 saturated heterocycles. The van der Waals surface area contributed by atoms with Crippen LogP contribution in [0.25, 0.3) is 0 Å². The monoisotopic (exact) mass is 577 g/mol. The SMILES string of the molecule is O=C(NC(=S)Nc1ccc([N+](=O)[O-])cc1Br)c1cc(Br)ccc1OCCc1ccccc1. The van der Waals surface area contributed by atoms with Crippen LogP contribution in [0.4, 0.5) is 11.4 Å². The van der Waals surface area contributed by atoms with Crippen LogP contribution in [0.3, 0.4) is 0 Å². The number of nitrogens with one attached hydrogen (secondary N) is 2. The third-order valence-corrected chi connectivity index (χ3v) is 5.67. The number of thiocarbonyl (C=S) groups is 1. The normalized spacial score (nSPS) is 10.3. The third kappa shape index (κ3) is 6.59.